The van der Waals surface area contributed by atoms with Gasteiger partial charge in [0.05, 0.1) is 28.0 Å². The maximum Gasteiger partial charge on any atom is 0.132 e. The summed E-state index contributed by atoms with van der Waals surface area (Å²) in [6.07, 6.45) is 1.67. The highest BCUT2D eigenvalue weighted by Gasteiger charge is 2.09. The monoisotopic (exact) mass is 295 g/mol. The summed E-state index contributed by atoms with van der Waals surface area (Å²) in [5.41, 5.74) is 2.99. The Kier molecular flexibility index (Phi) is 3.46. The molecule has 0 spiro atoms. The van der Waals surface area contributed by atoms with Crippen LogP contribution in [0, 0.1) is 24.1 Å². The summed E-state index contributed by atoms with van der Waals surface area (Å²) in [4.78, 5) is 8.68. The number of aryl methyl sites for hydroxylation is 1. The summed E-state index contributed by atoms with van der Waals surface area (Å²) in [6.45, 7) is 1.94. The predicted octanol–water partition coefficient (Wildman–Crippen LogP) is 4.19. The van der Waals surface area contributed by atoms with Gasteiger partial charge < -0.3 is 0 Å². The van der Waals surface area contributed by atoms with Gasteiger partial charge in [0.15, 0.2) is 0 Å². The normalized spacial score (nSPS) is 10.3. The van der Waals surface area contributed by atoms with Crippen LogP contribution in [0.15, 0.2) is 41.9 Å². The van der Waals surface area contributed by atoms with Gasteiger partial charge in [0.25, 0.3) is 0 Å². The number of rotatable bonds is 2. The number of thiazole rings is 1. The summed E-state index contributed by atoms with van der Waals surface area (Å²) in [7, 11) is 0. The largest absolute Gasteiger partial charge is 0.255 e. The second-order valence-electron chi connectivity index (χ2n) is 4.49. The van der Waals surface area contributed by atoms with Crippen molar-refractivity contribution < 1.29 is 4.39 Å². The van der Waals surface area contributed by atoms with Gasteiger partial charge in [0.2, 0.25) is 0 Å². The smallest absolute Gasteiger partial charge is 0.132 e. The van der Waals surface area contributed by atoms with Crippen molar-refractivity contribution in [3.63, 3.8) is 0 Å². The highest BCUT2D eigenvalue weighted by atomic mass is 32.1. The van der Waals surface area contributed by atoms with Crippen LogP contribution in [-0.4, -0.2) is 9.97 Å². The molecule has 0 unspecified atom stereocenters. The van der Waals surface area contributed by atoms with Crippen LogP contribution >= 0.6 is 11.3 Å². The molecule has 0 amide bonds. The van der Waals surface area contributed by atoms with Crippen molar-refractivity contribution in [1.29, 1.82) is 5.26 Å². The summed E-state index contributed by atoms with van der Waals surface area (Å²) in [6, 6.07) is 9.84. The summed E-state index contributed by atoms with van der Waals surface area (Å²) < 4.78 is 13.9. The average molecular weight is 295 g/mol. The lowest BCUT2D eigenvalue weighted by atomic mass is 10.1. The Labute approximate surface area is 125 Å². The maximum absolute atomic E-state index is 13.9. The van der Waals surface area contributed by atoms with Crippen LogP contribution in [0.2, 0.25) is 0 Å². The van der Waals surface area contributed by atoms with E-state index >= 15 is 0 Å². The first kappa shape index (κ1) is 13.4. The molecule has 2 aromatic heterocycles. The Hall–Kier alpha value is -2.58. The van der Waals surface area contributed by atoms with Gasteiger partial charge in [0, 0.05) is 22.7 Å². The predicted molar refractivity (Wildman–Crippen MR) is 80.2 cm³/mol. The van der Waals surface area contributed by atoms with E-state index in [-0.39, 0.29) is 0 Å². The number of hydrogen-bond donors (Lipinski definition) is 0. The van der Waals surface area contributed by atoms with Crippen molar-refractivity contribution in [3.05, 3.63) is 58.3 Å². The average Bonchev–Trinajstić information content (AvgIpc) is 2.95. The molecule has 3 rings (SSSR count). The molecular formula is C16H10FN3S. The fourth-order valence-corrected chi connectivity index (χ4v) is 2.61. The first-order valence-corrected chi connectivity index (χ1v) is 7.14. The van der Waals surface area contributed by atoms with E-state index in [0.717, 1.165) is 16.3 Å². The molecule has 0 radical (unpaired) electrons. The standard InChI is InChI=1S/C16H10FN3S/c1-10-20-16(9-21-10)12-3-5-15(19-8-12)13-6-11(7-18)2-4-14(13)17/h2-6,8-9H,1H3. The molecule has 0 aliphatic carbocycles. The van der Waals surface area contributed by atoms with Crippen molar-refractivity contribution in [1.82, 2.24) is 9.97 Å². The van der Waals surface area contributed by atoms with Gasteiger partial charge in [-0.3, -0.25) is 4.98 Å². The van der Waals surface area contributed by atoms with Crippen molar-refractivity contribution >= 4 is 11.3 Å². The molecular weight excluding hydrogens is 285 g/mol. The molecule has 0 N–H and O–H groups in total. The Balaban J connectivity index is 2.00. The molecule has 3 nitrogen and oxygen atoms in total. The molecule has 5 heteroatoms. The molecule has 0 fully saturated rings. The fraction of sp³-hybridized carbons (Fsp3) is 0.0625. The Bertz CT molecular complexity index is 831. The molecule has 0 aliphatic heterocycles. The van der Waals surface area contributed by atoms with Gasteiger partial charge in [-0.25, -0.2) is 9.37 Å². The van der Waals surface area contributed by atoms with Crippen LogP contribution in [0.4, 0.5) is 4.39 Å². The fourth-order valence-electron chi connectivity index (χ4n) is 1.99. The van der Waals surface area contributed by atoms with Crippen LogP contribution < -0.4 is 0 Å². The highest BCUT2D eigenvalue weighted by Crippen LogP contribution is 2.25. The van der Waals surface area contributed by atoms with E-state index in [1.165, 1.54) is 18.2 Å². The third-order valence-electron chi connectivity index (χ3n) is 3.05. The van der Waals surface area contributed by atoms with E-state index in [2.05, 4.69) is 9.97 Å². The molecule has 0 bridgehead atoms. The number of hydrogen-bond acceptors (Lipinski definition) is 4. The van der Waals surface area contributed by atoms with Crippen LogP contribution in [0.1, 0.15) is 10.6 Å². The lowest BCUT2D eigenvalue weighted by molar-refractivity contribution is 0.630. The molecule has 0 aliphatic rings. The maximum atomic E-state index is 13.9. The molecule has 0 saturated heterocycles. The molecule has 1 aromatic carbocycles. The lowest BCUT2D eigenvalue weighted by Crippen LogP contribution is -1.90. The van der Waals surface area contributed by atoms with E-state index in [1.807, 2.05) is 24.4 Å². The topological polar surface area (TPSA) is 49.6 Å². The van der Waals surface area contributed by atoms with Gasteiger partial charge in [-0.2, -0.15) is 5.26 Å². The Morgan fingerprint density at radius 1 is 1.19 bits per heavy atom. The van der Waals surface area contributed by atoms with Crippen molar-refractivity contribution in [3.8, 4) is 28.6 Å². The second kappa shape index (κ2) is 5.43. The number of pyridine rings is 1. The SMILES string of the molecule is Cc1nc(-c2ccc(-c3cc(C#N)ccc3F)nc2)cs1. The number of benzene rings is 1. The number of nitriles is 1. The van der Waals surface area contributed by atoms with E-state index < -0.39 is 5.82 Å². The van der Waals surface area contributed by atoms with Gasteiger partial charge in [0.1, 0.15) is 5.82 Å². The van der Waals surface area contributed by atoms with Crippen LogP contribution in [-0.2, 0) is 0 Å². The van der Waals surface area contributed by atoms with Crippen LogP contribution in [0.25, 0.3) is 22.5 Å². The second-order valence-corrected chi connectivity index (χ2v) is 5.55. The quantitative estimate of drug-likeness (QED) is 0.712. The van der Waals surface area contributed by atoms with Crippen molar-refractivity contribution in [2.45, 2.75) is 6.92 Å². The van der Waals surface area contributed by atoms with Gasteiger partial charge >= 0.3 is 0 Å². The van der Waals surface area contributed by atoms with Gasteiger partial charge in [-0.1, -0.05) is 0 Å². The first-order chi connectivity index (χ1) is 10.2. The molecule has 2 heterocycles. The molecule has 0 atom stereocenters. The highest BCUT2D eigenvalue weighted by molar-refractivity contribution is 7.09. The van der Waals surface area contributed by atoms with E-state index in [1.54, 1.807) is 23.6 Å². The van der Waals surface area contributed by atoms with E-state index in [0.29, 0.717) is 16.8 Å². The summed E-state index contributed by atoms with van der Waals surface area (Å²) in [5, 5.41) is 11.8. The molecule has 21 heavy (non-hydrogen) atoms. The first-order valence-electron chi connectivity index (χ1n) is 6.26. The minimum Gasteiger partial charge on any atom is -0.255 e. The number of halogens is 1. The van der Waals surface area contributed by atoms with Crippen LogP contribution in [0.3, 0.4) is 0 Å². The minimum absolute atomic E-state index is 0.329. The summed E-state index contributed by atoms with van der Waals surface area (Å²) in [5.74, 6) is -0.390. The van der Waals surface area contributed by atoms with Crippen molar-refractivity contribution in [2.24, 2.45) is 0 Å². The van der Waals surface area contributed by atoms with E-state index in [9.17, 15) is 4.39 Å². The molecule has 102 valence electrons. The van der Waals surface area contributed by atoms with E-state index in [4.69, 9.17) is 5.26 Å². The molecule has 3 aromatic rings. The number of nitrogens with zero attached hydrogens (tertiary/aromatic N) is 3. The zero-order chi connectivity index (χ0) is 14.8. The lowest BCUT2D eigenvalue weighted by Gasteiger charge is -2.04. The minimum atomic E-state index is -0.390. The summed E-state index contributed by atoms with van der Waals surface area (Å²) >= 11 is 1.57. The third-order valence-corrected chi connectivity index (χ3v) is 3.82. The molecule has 0 saturated carbocycles. The third kappa shape index (κ3) is 2.67. The number of aromatic nitrogens is 2. The van der Waals surface area contributed by atoms with Crippen molar-refractivity contribution in [2.75, 3.05) is 0 Å². The zero-order valence-electron chi connectivity index (χ0n) is 11.2. The van der Waals surface area contributed by atoms with Crippen LogP contribution in [0.5, 0.6) is 0 Å². The van der Waals surface area contributed by atoms with Gasteiger partial charge in [-0.15, -0.1) is 11.3 Å². The van der Waals surface area contributed by atoms with Gasteiger partial charge in [-0.05, 0) is 37.3 Å². The Morgan fingerprint density at radius 3 is 2.67 bits per heavy atom. The Morgan fingerprint density at radius 2 is 2.05 bits per heavy atom. The zero-order valence-corrected chi connectivity index (χ0v) is 12.0.